The van der Waals surface area contributed by atoms with Gasteiger partial charge in [0.05, 0.1) is 6.61 Å². The van der Waals surface area contributed by atoms with E-state index in [1.807, 2.05) is 0 Å². The highest BCUT2D eigenvalue weighted by Gasteiger charge is 2.38. The molecular weight excluding hydrogens is 224 g/mol. The zero-order valence-electron chi connectivity index (χ0n) is 10.7. The molecule has 0 aliphatic heterocycles. The zero-order chi connectivity index (χ0) is 12.6. The largest absolute Gasteiger partial charge is 0.500 e. The Morgan fingerprint density at radius 3 is 2.25 bits per heavy atom. The van der Waals surface area contributed by atoms with Gasteiger partial charge in [-0.15, -0.1) is 0 Å². The number of Topliss-reactive ketones (excluding diaryl/α,β-unsaturated/α-hetero) is 1. The summed E-state index contributed by atoms with van der Waals surface area (Å²) in [5.74, 6) is -0.0643. The van der Waals surface area contributed by atoms with Crippen LogP contribution in [0.25, 0.3) is 0 Å². The van der Waals surface area contributed by atoms with Crippen LogP contribution < -0.4 is 0 Å². The van der Waals surface area contributed by atoms with Crippen LogP contribution in [-0.2, 0) is 18.1 Å². The van der Waals surface area contributed by atoms with Gasteiger partial charge in [-0.25, -0.2) is 0 Å². The molecule has 0 saturated carbocycles. The van der Waals surface area contributed by atoms with Crippen LogP contribution in [0, 0.1) is 0 Å². The summed E-state index contributed by atoms with van der Waals surface area (Å²) in [4.78, 5) is 11.0. The zero-order valence-corrected chi connectivity index (χ0v) is 11.7. The van der Waals surface area contributed by atoms with E-state index in [-0.39, 0.29) is 12.4 Å². The summed E-state index contributed by atoms with van der Waals surface area (Å²) in [6.45, 7) is 7.40. The molecule has 0 aromatic carbocycles. The maximum atomic E-state index is 11.0. The Morgan fingerprint density at radius 2 is 1.88 bits per heavy atom. The summed E-state index contributed by atoms with van der Waals surface area (Å²) in [5, 5.41) is 0. The lowest BCUT2D eigenvalue weighted by molar-refractivity contribution is -0.114. The van der Waals surface area contributed by atoms with E-state index in [0.29, 0.717) is 5.57 Å². The molecule has 0 saturated heterocycles. The number of carbonyl (C=O) groups excluding carboxylic acids is 1. The molecule has 5 heteroatoms. The van der Waals surface area contributed by atoms with Crippen molar-refractivity contribution in [3.05, 3.63) is 12.2 Å². The number of unbranched alkanes of at least 4 members (excludes halogenated alkanes) is 1. The quantitative estimate of drug-likeness (QED) is 0.462. The number of hydrogen-bond acceptors (Lipinski definition) is 4. The first-order valence-electron chi connectivity index (χ1n) is 5.44. The Balaban J connectivity index is 4.31. The Kier molecular flexibility index (Phi) is 7.49. The topological polar surface area (TPSA) is 44.8 Å². The number of carbonyl (C=O) groups is 1. The first kappa shape index (κ1) is 15.5. The maximum absolute atomic E-state index is 11.0. The van der Waals surface area contributed by atoms with Gasteiger partial charge in [-0.3, -0.25) is 4.79 Å². The van der Waals surface area contributed by atoms with Gasteiger partial charge >= 0.3 is 8.80 Å². The minimum atomic E-state index is -2.59. The van der Waals surface area contributed by atoms with Crippen LogP contribution in [0.15, 0.2) is 12.2 Å². The first-order chi connectivity index (χ1) is 7.51. The van der Waals surface area contributed by atoms with E-state index in [9.17, 15) is 4.79 Å². The fraction of sp³-hybridized carbons (Fsp3) is 0.727. The van der Waals surface area contributed by atoms with Crippen molar-refractivity contribution in [1.29, 1.82) is 0 Å². The average Bonchev–Trinajstić information content (AvgIpc) is 2.29. The molecule has 0 rings (SSSR count). The standard InChI is InChI=1S/C11H22O4Si/c1-6-7-8-16(13-4,14-5)15-9-10(2)11(3)12/h2,6-9H2,1,3-5H3. The molecular formula is C11H22O4Si. The van der Waals surface area contributed by atoms with Crippen molar-refractivity contribution in [3.63, 3.8) is 0 Å². The van der Waals surface area contributed by atoms with Gasteiger partial charge in [0.2, 0.25) is 0 Å². The number of rotatable bonds is 9. The van der Waals surface area contributed by atoms with Gasteiger partial charge in [0.15, 0.2) is 5.78 Å². The molecule has 0 aromatic rings. The van der Waals surface area contributed by atoms with Gasteiger partial charge in [-0.1, -0.05) is 19.9 Å². The van der Waals surface area contributed by atoms with Crippen LogP contribution in [0.1, 0.15) is 26.7 Å². The second kappa shape index (κ2) is 7.73. The van der Waals surface area contributed by atoms with Crippen LogP contribution in [0.4, 0.5) is 0 Å². The highest BCUT2D eigenvalue weighted by Crippen LogP contribution is 2.18. The monoisotopic (exact) mass is 246 g/mol. The fourth-order valence-electron chi connectivity index (χ4n) is 1.17. The normalized spacial score (nSPS) is 11.5. The van der Waals surface area contributed by atoms with Crippen molar-refractivity contribution in [2.75, 3.05) is 20.8 Å². The highest BCUT2D eigenvalue weighted by molar-refractivity contribution is 6.60. The van der Waals surface area contributed by atoms with Crippen LogP contribution in [0.5, 0.6) is 0 Å². The lowest BCUT2D eigenvalue weighted by atomic mass is 10.2. The third-order valence-electron chi connectivity index (χ3n) is 2.42. The van der Waals surface area contributed by atoms with Crippen LogP contribution in [0.3, 0.4) is 0 Å². The van der Waals surface area contributed by atoms with E-state index in [4.69, 9.17) is 13.3 Å². The lowest BCUT2D eigenvalue weighted by Crippen LogP contribution is -2.44. The van der Waals surface area contributed by atoms with E-state index >= 15 is 0 Å². The van der Waals surface area contributed by atoms with Crippen molar-refractivity contribution in [1.82, 2.24) is 0 Å². The lowest BCUT2D eigenvalue weighted by Gasteiger charge is -2.26. The molecule has 0 aromatic heterocycles. The van der Waals surface area contributed by atoms with Crippen molar-refractivity contribution < 1.29 is 18.1 Å². The minimum absolute atomic E-state index is 0.0643. The van der Waals surface area contributed by atoms with Crippen LogP contribution >= 0.6 is 0 Å². The summed E-state index contributed by atoms with van der Waals surface area (Å²) in [7, 11) is 0.584. The number of ketones is 1. The summed E-state index contributed by atoms with van der Waals surface area (Å²) in [5.41, 5.74) is 0.447. The van der Waals surface area contributed by atoms with Crippen LogP contribution in [0.2, 0.25) is 6.04 Å². The predicted molar refractivity (Wildman–Crippen MR) is 65.3 cm³/mol. The first-order valence-corrected chi connectivity index (χ1v) is 7.37. The Bertz CT molecular complexity index is 236. The minimum Gasteiger partial charge on any atom is -0.377 e. The van der Waals surface area contributed by atoms with E-state index < -0.39 is 8.80 Å². The molecule has 0 spiro atoms. The molecule has 0 aliphatic carbocycles. The smallest absolute Gasteiger partial charge is 0.377 e. The van der Waals surface area contributed by atoms with Crippen LogP contribution in [-0.4, -0.2) is 35.4 Å². The molecule has 4 nitrogen and oxygen atoms in total. The molecule has 0 radical (unpaired) electrons. The third kappa shape index (κ3) is 5.02. The SMILES string of the molecule is C=C(CO[Si](CCCC)(OC)OC)C(C)=O. The molecule has 0 N–H and O–H groups in total. The summed E-state index contributed by atoms with van der Waals surface area (Å²) >= 11 is 0. The molecule has 0 unspecified atom stereocenters. The molecule has 0 amide bonds. The Morgan fingerprint density at radius 1 is 1.31 bits per heavy atom. The van der Waals surface area contributed by atoms with Crippen molar-refractivity contribution in [2.24, 2.45) is 0 Å². The van der Waals surface area contributed by atoms with E-state index in [1.165, 1.54) is 6.92 Å². The summed E-state index contributed by atoms with van der Waals surface area (Å²) in [6.07, 6.45) is 2.04. The molecule has 0 aliphatic rings. The van der Waals surface area contributed by atoms with Crippen molar-refractivity contribution in [3.8, 4) is 0 Å². The van der Waals surface area contributed by atoms with Crippen molar-refractivity contribution in [2.45, 2.75) is 32.7 Å². The van der Waals surface area contributed by atoms with Gasteiger partial charge in [-0.2, -0.15) is 0 Å². The van der Waals surface area contributed by atoms with Gasteiger partial charge in [0.25, 0.3) is 0 Å². The molecule has 0 heterocycles. The summed E-state index contributed by atoms with van der Waals surface area (Å²) in [6, 6.07) is 0.766. The number of hydrogen-bond donors (Lipinski definition) is 0. The maximum Gasteiger partial charge on any atom is 0.500 e. The molecule has 94 valence electrons. The highest BCUT2D eigenvalue weighted by atomic mass is 28.4. The van der Waals surface area contributed by atoms with Gasteiger partial charge in [0, 0.05) is 25.8 Å². The van der Waals surface area contributed by atoms with Gasteiger partial charge < -0.3 is 13.3 Å². The Labute approximate surface area is 99.0 Å². The second-order valence-electron chi connectivity index (χ2n) is 3.64. The Hall–Kier alpha value is -0.493. The molecule has 0 bridgehead atoms. The fourth-order valence-corrected chi connectivity index (χ4v) is 3.31. The van der Waals surface area contributed by atoms with Gasteiger partial charge in [-0.05, 0) is 13.3 Å². The van der Waals surface area contributed by atoms with E-state index in [1.54, 1.807) is 14.2 Å². The summed E-state index contributed by atoms with van der Waals surface area (Å²) < 4.78 is 16.4. The van der Waals surface area contributed by atoms with E-state index in [2.05, 4.69) is 13.5 Å². The third-order valence-corrected chi connectivity index (χ3v) is 5.22. The van der Waals surface area contributed by atoms with Crippen molar-refractivity contribution >= 4 is 14.6 Å². The predicted octanol–water partition coefficient (Wildman–Crippen LogP) is 2.18. The van der Waals surface area contributed by atoms with E-state index in [0.717, 1.165) is 18.9 Å². The molecule has 16 heavy (non-hydrogen) atoms. The second-order valence-corrected chi connectivity index (χ2v) is 6.61. The molecule has 0 atom stereocenters. The molecule has 0 fully saturated rings. The van der Waals surface area contributed by atoms with Gasteiger partial charge in [0.1, 0.15) is 0 Å². The average molecular weight is 246 g/mol.